The number of carbonyl (C=O) groups excluding carboxylic acids is 1. The van der Waals surface area contributed by atoms with Gasteiger partial charge >= 0.3 is 0 Å². The number of aldehydes is 1. The van der Waals surface area contributed by atoms with E-state index in [4.69, 9.17) is 0 Å². The Labute approximate surface area is 108 Å². The van der Waals surface area contributed by atoms with Crippen molar-refractivity contribution < 1.29 is 4.79 Å². The van der Waals surface area contributed by atoms with E-state index in [1.165, 1.54) is 36.1 Å². The van der Waals surface area contributed by atoms with E-state index in [0.717, 1.165) is 23.0 Å². The molecule has 2 rings (SSSR count). The molecule has 1 saturated carbocycles. The van der Waals surface area contributed by atoms with Gasteiger partial charge < -0.3 is 0 Å². The van der Waals surface area contributed by atoms with Gasteiger partial charge in [-0.25, -0.2) is 0 Å². The highest BCUT2D eigenvalue weighted by atomic mass is 32.2. The van der Waals surface area contributed by atoms with E-state index < -0.39 is 0 Å². The van der Waals surface area contributed by atoms with Crippen molar-refractivity contribution in [2.45, 2.75) is 49.7 Å². The molecule has 0 N–H and O–H groups in total. The van der Waals surface area contributed by atoms with E-state index in [0.29, 0.717) is 0 Å². The molecule has 0 aromatic heterocycles. The monoisotopic (exact) mass is 248 g/mol. The van der Waals surface area contributed by atoms with Gasteiger partial charge in [-0.1, -0.05) is 25.8 Å². The van der Waals surface area contributed by atoms with Crippen LogP contribution in [0.25, 0.3) is 0 Å². The van der Waals surface area contributed by atoms with Crippen LogP contribution in [0.3, 0.4) is 0 Å². The molecule has 1 aromatic rings. The Bertz CT molecular complexity index is 400. The molecular weight excluding hydrogens is 228 g/mol. The van der Waals surface area contributed by atoms with Crippen LogP contribution < -0.4 is 0 Å². The average molecular weight is 248 g/mol. The summed E-state index contributed by atoms with van der Waals surface area (Å²) in [6, 6.07) is 6.01. The Morgan fingerprint density at radius 1 is 1.35 bits per heavy atom. The minimum absolute atomic E-state index is 0.763. The first kappa shape index (κ1) is 12.7. The van der Waals surface area contributed by atoms with Gasteiger partial charge in [-0.15, -0.1) is 11.8 Å². The molecule has 2 atom stereocenters. The molecule has 1 aromatic carbocycles. The summed E-state index contributed by atoms with van der Waals surface area (Å²) in [7, 11) is 0. The van der Waals surface area contributed by atoms with Crippen LogP contribution in [0, 0.1) is 12.8 Å². The minimum atomic E-state index is 0.763. The number of carbonyl (C=O) groups is 1. The molecule has 0 heterocycles. The summed E-state index contributed by atoms with van der Waals surface area (Å²) in [6.07, 6.45) is 6.35. The van der Waals surface area contributed by atoms with E-state index in [2.05, 4.69) is 19.9 Å². The van der Waals surface area contributed by atoms with Gasteiger partial charge in [-0.3, -0.25) is 4.79 Å². The second-order valence-electron chi connectivity index (χ2n) is 5.15. The highest BCUT2D eigenvalue weighted by Crippen LogP contribution is 2.37. The lowest BCUT2D eigenvalue weighted by molar-refractivity contribution is 0.112. The zero-order chi connectivity index (χ0) is 12.3. The van der Waals surface area contributed by atoms with Crippen LogP contribution in [-0.4, -0.2) is 11.5 Å². The Balaban J connectivity index is 2.05. The lowest BCUT2D eigenvalue weighted by Gasteiger charge is -2.26. The summed E-state index contributed by atoms with van der Waals surface area (Å²) < 4.78 is 0. The largest absolute Gasteiger partial charge is 0.298 e. The van der Waals surface area contributed by atoms with Crippen molar-refractivity contribution in [1.29, 1.82) is 0 Å². The Morgan fingerprint density at radius 3 is 2.82 bits per heavy atom. The molecule has 1 aliphatic rings. The van der Waals surface area contributed by atoms with Crippen LogP contribution in [0.5, 0.6) is 0 Å². The Hall–Kier alpha value is -0.760. The summed E-state index contributed by atoms with van der Waals surface area (Å²) in [5.41, 5.74) is 2.02. The number of aryl methyl sites for hydroxylation is 1. The standard InChI is InChI=1S/C15H20OS/c1-11-4-3-5-14(8-11)17-15-7-6-13(10-16)9-12(15)2/h6-7,9-11,14H,3-5,8H2,1-2H3. The summed E-state index contributed by atoms with van der Waals surface area (Å²) in [4.78, 5) is 12.0. The van der Waals surface area contributed by atoms with E-state index in [1.54, 1.807) is 0 Å². The fourth-order valence-corrected chi connectivity index (χ4v) is 4.00. The molecule has 1 fully saturated rings. The predicted molar refractivity (Wildman–Crippen MR) is 73.8 cm³/mol. The van der Waals surface area contributed by atoms with Gasteiger partial charge in [0.05, 0.1) is 0 Å². The maximum Gasteiger partial charge on any atom is 0.150 e. The molecule has 1 aliphatic carbocycles. The smallest absolute Gasteiger partial charge is 0.150 e. The van der Waals surface area contributed by atoms with Crippen molar-refractivity contribution in [1.82, 2.24) is 0 Å². The van der Waals surface area contributed by atoms with Crippen molar-refractivity contribution in [3.63, 3.8) is 0 Å². The molecule has 0 radical (unpaired) electrons. The highest BCUT2D eigenvalue weighted by molar-refractivity contribution is 8.00. The van der Waals surface area contributed by atoms with E-state index in [9.17, 15) is 4.79 Å². The van der Waals surface area contributed by atoms with Crippen molar-refractivity contribution in [2.75, 3.05) is 0 Å². The second-order valence-corrected chi connectivity index (χ2v) is 6.50. The number of rotatable bonds is 3. The summed E-state index contributed by atoms with van der Waals surface area (Å²) >= 11 is 2.00. The minimum Gasteiger partial charge on any atom is -0.298 e. The van der Waals surface area contributed by atoms with E-state index in [-0.39, 0.29) is 0 Å². The van der Waals surface area contributed by atoms with Gasteiger partial charge in [0.25, 0.3) is 0 Å². The third-order valence-electron chi connectivity index (χ3n) is 3.52. The normalized spacial score (nSPS) is 24.6. The first-order valence-corrected chi connectivity index (χ1v) is 7.29. The lowest BCUT2D eigenvalue weighted by atomic mass is 9.91. The Kier molecular flexibility index (Phi) is 4.27. The number of benzene rings is 1. The number of hydrogen-bond donors (Lipinski definition) is 0. The summed E-state index contributed by atoms with van der Waals surface area (Å²) in [6.45, 7) is 4.46. The van der Waals surface area contributed by atoms with E-state index >= 15 is 0 Å². The van der Waals surface area contributed by atoms with Gasteiger partial charge in [0, 0.05) is 15.7 Å². The second kappa shape index (κ2) is 5.72. The van der Waals surface area contributed by atoms with E-state index in [1.807, 2.05) is 23.9 Å². The van der Waals surface area contributed by atoms with Crippen molar-refractivity contribution in [2.24, 2.45) is 5.92 Å². The predicted octanol–water partition coefficient (Wildman–Crippen LogP) is 4.48. The molecule has 0 bridgehead atoms. The van der Waals surface area contributed by atoms with Gasteiger partial charge in [0.1, 0.15) is 6.29 Å². The van der Waals surface area contributed by atoms with Crippen LogP contribution in [0.1, 0.15) is 48.5 Å². The quantitative estimate of drug-likeness (QED) is 0.734. The fraction of sp³-hybridized carbons (Fsp3) is 0.533. The molecule has 0 amide bonds. The molecule has 92 valence electrons. The van der Waals surface area contributed by atoms with Crippen LogP contribution >= 0.6 is 11.8 Å². The number of thioether (sulfide) groups is 1. The molecule has 2 heteroatoms. The topological polar surface area (TPSA) is 17.1 Å². The molecule has 17 heavy (non-hydrogen) atoms. The zero-order valence-corrected chi connectivity index (χ0v) is 11.4. The van der Waals surface area contributed by atoms with Crippen molar-refractivity contribution in [3.05, 3.63) is 29.3 Å². The van der Waals surface area contributed by atoms with Gasteiger partial charge in [-0.05, 0) is 43.4 Å². The first-order valence-electron chi connectivity index (χ1n) is 6.41. The molecule has 0 aliphatic heterocycles. The molecule has 0 saturated heterocycles. The zero-order valence-electron chi connectivity index (χ0n) is 10.6. The lowest BCUT2D eigenvalue weighted by Crippen LogP contribution is -2.15. The molecule has 2 unspecified atom stereocenters. The van der Waals surface area contributed by atoms with Crippen LogP contribution in [0.2, 0.25) is 0 Å². The summed E-state index contributed by atoms with van der Waals surface area (Å²) in [5, 5.41) is 0.763. The van der Waals surface area contributed by atoms with Gasteiger partial charge in [0.15, 0.2) is 0 Å². The molecule has 0 spiro atoms. The van der Waals surface area contributed by atoms with Crippen molar-refractivity contribution in [3.8, 4) is 0 Å². The van der Waals surface area contributed by atoms with Gasteiger partial charge in [0.2, 0.25) is 0 Å². The SMILES string of the molecule is Cc1cc(C=O)ccc1SC1CCCC(C)C1. The Morgan fingerprint density at radius 2 is 2.18 bits per heavy atom. The maximum absolute atomic E-state index is 10.7. The third-order valence-corrected chi connectivity index (χ3v) is 4.99. The molecular formula is C15H20OS. The fourth-order valence-electron chi connectivity index (χ4n) is 2.54. The third kappa shape index (κ3) is 3.35. The first-order chi connectivity index (χ1) is 8.19. The van der Waals surface area contributed by atoms with Crippen molar-refractivity contribution >= 4 is 18.0 Å². The summed E-state index contributed by atoms with van der Waals surface area (Å²) in [5.74, 6) is 0.871. The molecule has 1 nitrogen and oxygen atoms in total. The van der Waals surface area contributed by atoms with Crippen LogP contribution in [0.4, 0.5) is 0 Å². The average Bonchev–Trinajstić information content (AvgIpc) is 2.32. The van der Waals surface area contributed by atoms with Gasteiger partial charge in [-0.2, -0.15) is 0 Å². The number of hydrogen-bond acceptors (Lipinski definition) is 2. The van der Waals surface area contributed by atoms with Crippen LogP contribution in [0.15, 0.2) is 23.1 Å². The maximum atomic E-state index is 10.7. The highest BCUT2D eigenvalue weighted by Gasteiger charge is 2.20. The van der Waals surface area contributed by atoms with Crippen LogP contribution in [-0.2, 0) is 0 Å².